The minimum absolute atomic E-state index is 0.223. The Hall–Kier alpha value is -2.80. The van der Waals surface area contributed by atoms with E-state index in [4.69, 9.17) is 4.98 Å². The lowest BCUT2D eigenvalue weighted by atomic mass is 10.1. The highest BCUT2D eigenvalue weighted by Gasteiger charge is 2.16. The van der Waals surface area contributed by atoms with Crippen LogP contribution >= 0.6 is 11.3 Å². The molecular weight excluding hydrogens is 412 g/mol. The minimum Gasteiger partial charge on any atom is -0.236 e. The number of benzene rings is 3. The second-order valence-corrected chi connectivity index (χ2v) is 9.79. The van der Waals surface area contributed by atoms with Crippen molar-refractivity contribution in [1.82, 2.24) is 9.71 Å². The highest BCUT2D eigenvalue weighted by atomic mass is 32.2. The number of aromatic nitrogens is 1. The van der Waals surface area contributed by atoms with Gasteiger partial charge in [0.05, 0.1) is 10.6 Å². The maximum Gasteiger partial charge on any atom is 0.241 e. The van der Waals surface area contributed by atoms with Gasteiger partial charge in [0.15, 0.2) is 0 Å². The lowest BCUT2D eigenvalue weighted by molar-refractivity contribution is 0.580. The molecule has 0 saturated heterocycles. The Labute approximate surface area is 181 Å². The normalized spacial score (nSPS) is 11.5. The second-order valence-electron chi connectivity index (χ2n) is 7.20. The van der Waals surface area contributed by atoms with Crippen molar-refractivity contribution in [3.05, 3.63) is 94.9 Å². The molecule has 0 fully saturated rings. The predicted molar refractivity (Wildman–Crippen MR) is 123 cm³/mol. The molecule has 4 rings (SSSR count). The van der Waals surface area contributed by atoms with E-state index in [1.54, 1.807) is 17.4 Å². The summed E-state index contributed by atoms with van der Waals surface area (Å²) in [4.78, 5) is 5.06. The number of thiazole rings is 1. The van der Waals surface area contributed by atoms with Crippen LogP contribution in [0.2, 0.25) is 0 Å². The summed E-state index contributed by atoms with van der Waals surface area (Å²) in [6, 6.07) is 23.2. The molecule has 4 aromatic rings. The van der Waals surface area contributed by atoms with Crippen LogP contribution in [0.5, 0.6) is 0 Å². The van der Waals surface area contributed by atoms with Crippen molar-refractivity contribution in [2.45, 2.75) is 25.3 Å². The van der Waals surface area contributed by atoms with E-state index in [0.29, 0.717) is 4.90 Å². The monoisotopic (exact) mass is 434 g/mol. The summed E-state index contributed by atoms with van der Waals surface area (Å²) in [5.74, 6) is 0. The summed E-state index contributed by atoms with van der Waals surface area (Å²) in [7, 11) is -3.58. The number of nitrogens with zero attached hydrogens (tertiary/aromatic N) is 1. The van der Waals surface area contributed by atoms with Gasteiger partial charge in [0, 0.05) is 23.1 Å². The molecule has 0 unspecified atom stereocenters. The van der Waals surface area contributed by atoms with Gasteiger partial charge >= 0.3 is 0 Å². The molecule has 0 bridgehead atoms. The average molecular weight is 435 g/mol. The smallest absolute Gasteiger partial charge is 0.236 e. The van der Waals surface area contributed by atoms with E-state index in [-0.39, 0.29) is 6.54 Å². The Morgan fingerprint density at radius 1 is 0.900 bits per heavy atom. The largest absolute Gasteiger partial charge is 0.241 e. The number of rotatable bonds is 6. The van der Waals surface area contributed by atoms with E-state index in [1.807, 2.05) is 86.0 Å². The molecule has 0 atom stereocenters. The molecule has 30 heavy (non-hydrogen) atoms. The number of hydrogen-bond acceptors (Lipinski definition) is 4. The van der Waals surface area contributed by atoms with Gasteiger partial charge in [-0.2, -0.15) is 0 Å². The van der Waals surface area contributed by atoms with Gasteiger partial charge in [-0.05, 0) is 37.1 Å². The maximum atomic E-state index is 12.7. The molecule has 0 aliphatic carbocycles. The second kappa shape index (κ2) is 8.52. The van der Waals surface area contributed by atoms with Crippen molar-refractivity contribution in [3.8, 4) is 21.8 Å². The van der Waals surface area contributed by atoms with Crippen molar-refractivity contribution in [2.24, 2.45) is 0 Å². The first-order chi connectivity index (χ1) is 14.4. The van der Waals surface area contributed by atoms with Crippen LogP contribution in [0.3, 0.4) is 0 Å². The van der Waals surface area contributed by atoms with E-state index in [9.17, 15) is 8.42 Å². The Kier molecular flexibility index (Phi) is 5.81. The summed E-state index contributed by atoms with van der Waals surface area (Å²) in [5.41, 5.74) is 5.67. The van der Waals surface area contributed by atoms with E-state index in [0.717, 1.165) is 38.5 Å². The van der Waals surface area contributed by atoms with Crippen molar-refractivity contribution in [2.75, 3.05) is 0 Å². The van der Waals surface area contributed by atoms with Gasteiger partial charge in [0.1, 0.15) is 5.01 Å². The summed E-state index contributed by atoms with van der Waals surface area (Å²) >= 11 is 1.58. The third-order valence-electron chi connectivity index (χ3n) is 4.83. The Bertz CT molecular complexity index is 1280. The van der Waals surface area contributed by atoms with E-state index < -0.39 is 10.0 Å². The number of aryl methyl sites for hydroxylation is 2. The van der Waals surface area contributed by atoms with E-state index in [2.05, 4.69) is 4.72 Å². The zero-order valence-corrected chi connectivity index (χ0v) is 18.4. The van der Waals surface area contributed by atoms with Crippen molar-refractivity contribution >= 4 is 21.4 Å². The number of sulfonamides is 1. The molecule has 1 aromatic heterocycles. The fourth-order valence-corrected chi connectivity index (χ4v) is 5.39. The molecule has 6 heteroatoms. The Balaban J connectivity index is 1.52. The van der Waals surface area contributed by atoms with E-state index >= 15 is 0 Å². The van der Waals surface area contributed by atoms with Crippen LogP contribution in [0.1, 0.15) is 16.7 Å². The summed E-state index contributed by atoms with van der Waals surface area (Å²) in [5, 5.41) is 2.95. The van der Waals surface area contributed by atoms with Crippen LogP contribution in [0.4, 0.5) is 0 Å². The quantitative estimate of drug-likeness (QED) is 0.431. The maximum absolute atomic E-state index is 12.7. The van der Waals surface area contributed by atoms with Crippen molar-refractivity contribution in [1.29, 1.82) is 0 Å². The number of hydrogen-bond donors (Lipinski definition) is 1. The van der Waals surface area contributed by atoms with Gasteiger partial charge in [-0.25, -0.2) is 18.1 Å². The fraction of sp³-hybridized carbons (Fsp3) is 0.125. The van der Waals surface area contributed by atoms with Crippen molar-refractivity contribution in [3.63, 3.8) is 0 Å². The molecule has 3 aromatic carbocycles. The highest BCUT2D eigenvalue weighted by Crippen LogP contribution is 2.29. The predicted octanol–water partition coefficient (Wildman–Crippen LogP) is 5.57. The van der Waals surface area contributed by atoms with Gasteiger partial charge in [-0.1, -0.05) is 66.2 Å². The molecule has 0 radical (unpaired) electrons. The zero-order valence-electron chi connectivity index (χ0n) is 16.8. The van der Waals surface area contributed by atoms with Gasteiger partial charge < -0.3 is 0 Å². The molecule has 0 saturated carbocycles. The van der Waals surface area contributed by atoms with E-state index in [1.165, 1.54) is 0 Å². The summed E-state index contributed by atoms with van der Waals surface area (Å²) in [6.07, 6.45) is 0. The molecule has 1 N–H and O–H groups in total. The first-order valence-electron chi connectivity index (χ1n) is 9.59. The first-order valence-corrected chi connectivity index (χ1v) is 12.0. The van der Waals surface area contributed by atoms with Gasteiger partial charge in [-0.15, -0.1) is 11.3 Å². The van der Waals surface area contributed by atoms with Crippen LogP contribution in [-0.2, 0) is 16.6 Å². The van der Waals surface area contributed by atoms with Crippen LogP contribution in [0.25, 0.3) is 21.8 Å². The van der Waals surface area contributed by atoms with Crippen LogP contribution < -0.4 is 4.72 Å². The minimum atomic E-state index is -3.58. The lowest BCUT2D eigenvalue weighted by Gasteiger charge is -2.10. The molecule has 1 heterocycles. The lowest BCUT2D eigenvalue weighted by Crippen LogP contribution is -2.24. The average Bonchev–Trinajstić information content (AvgIpc) is 3.23. The van der Waals surface area contributed by atoms with Crippen LogP contribution in [0.15, 0.2) is 83.1 Å². The first kappa shape index (κ1) is 20.5. The Morgan fingerprint density at radius 3 is 2.43 bits per heavy atom. The molecule has 0 amide bonds. The Morgan fingerprint density at radius 2 is 1.67 bits per heavy atom. The van der Waals surface area contributed by atoms with Crippen molar-refractivity contribution < 1.29 is 8.42 Å². The van der Waals surface area contributed by atoms with Gasteiger partial charge in [0.25, 0.3) is 0 Å². The standard InChI is InChI=1S/C24H22N2O2S2/c1-17-11-12-23(18(2)13-17)30(27,28)25-15-19-7-6-10-21(14-19)24-26-22(16-29-24)20-8-4-3-5-9-20/h3-14,16,25H,15H2,1-2H3. The highest BCUT2D eigenvalue weighted by molar-refractivity contribution is 7.89. The summed E-state index contributed by atoms with van der Waals surface area (Å²) in [6.45, 7) is 3.99. The topological polar surface area (TPSA) is 59.1 Å². The molecule has 4 nitrogen and oxygen atoms in total. The van der Waals surface area contributed by atoms with Crippen LogP contribution in [0, 0.1) is 13.8 Å². The SMILES string of the molecule is Cc1ccc(S(=O)(=O)NCc2cccc(-c3nc(-c4ccccc4)cs3)c2)c(C)c1. The molecule has 0 spiro atoms. The van der Waals surface area contributed by atoms with Gasteiger partial charge in [-0.3, -0.25) is 0 Å². The third-order valence-corrected chi connectivity index (χ3v) is 7.29. The van der Waals surface area contributed by atoms with Gasteiger partial charge in [0.2, 0.25) is 10.0 Å². The molecular formula is C24H22N2O2S2. The third kappa shape index (κ3) is 4.51. The van der Waals surface area contributed by atoms with Crippen LogP contribution in [-0.4, -0.2) is 13.4 Å². The molecule has 152 valence electrons. The fourth-order valence-electron chi connectivity index (χ4n) is 3.32. The zero-order chi connectivity index (χ0) is 21.1. The molecule has 0 aliphatic heterocycles. The number of nitrogens with one attached hydrogen (secondary N) is 1. The molecule has 0 aliphatic rings. The summed E-state index contributed by atoms with van der Waals surface area (Å²) < 4.78 is 28.2.